The number of ether oxygens (including phenoxy) is 1. The van der Waals surface area contributed by atoms with Gasteiger partial charge in [-0.1, -0.05) is 22.9 Å². The number of hydrogen-bond donors (Lipinski definition) is 2. The van der Waals surface area contributed by atoms with E-state index in [0.717, 1.165) is 33.3 Å². The van der Waals surface area contributed by atoms with Crippen molar-refractivity contribution in [2.75, 3.05) is 11.9 Å². The number of nitrogens with one attached hydrogen (secondary N) is 1. The second-order valence-corrected chi connectivity index (χ2v) is 7.67. The number of rotatable bonds is 7. The Morgan fingerprint density at radius 3 is 3.10 bits per heavy atom. The summed E-state index contributed by atoms with van der Waals surface area (Å²) in [6.07, 6.45) is 3.62. The molecule has 1 aliphatic rings. The summed E-state index contributed by atoms with van der Waals surface area (Å²) in [5.74, 6) is 0.657. The van der Waals surface area contributed by atoms with Gasteiger partial charge in [-0.05, 0) is 47.4 Å². The lowest BCUT2D eigenvalue weighted by atomic mass is 9.79. The lowest BCUT2D eigenvalue weighted by Gasteiger charge is -2.09. The van der Waals surface area contributed by atoms with Crippen LogP contribution in [0.5, 0.6) is 5.75 Å². The largest absolute Gasteiger partial charge is 0.491 e. The van der Waals surface area contributed by atoms with Crippen LogP contribution in [0, 0.1) is 0 Å². The highest BCUT2D eigenvalue weighted by Gasteiger charge is 2.27. The number of halogens is 1. The fourth-order valence-electron chi connectivity index (χ4n) is 3.53. The molecule has 0 fully saturated rings. The molecule has 4 aromatic rings. The summed E-state index contributed by atoms with van der Waals surface area (Å²) in [7, 11) is -0.888. The average Bonchev–Trinajstić information content (AvgIpc) is 3.38. The Kier molecular flexibility index (Phi) is 5.46. The highest BCUT2D eigenvalue weighted by molar-refractivity contribution is 6.61. The van der Waals surface area contributed by atoms with Gasteiger partial charge in [0.05, 0.1) is 24.9 Å². The summed E-state index contributed by atoms with van der Waals surface area (Å²) in [6, 6.07) is 13.2. The second kappa shape index (κ2) is 8.54. The van der Waals surface area contributed by atoms with Gasteiger partial charge >= 0.3 is 7.12 Å². The molecule has 2 aromatic heterocycles. The van der Waals surface area contributed by atoms with Gasteiger partial charge in [0, 0.05) is 28.8 Å². The minimum absolute atomic E-state index is 0.291. The molecule has 1 aliphatic heterocycles. The van der Waals surface area contributed by atoms with Crippen LogP contribution in [0.2, 0.25) is 5.02 Å². The van der Waals surface area contributed by atoms with Gasteiger partial charge in [-0.3, -0.25) is 9.67 Å². The molecule has 5 rings (SSSR count). The number of benzene rings is 2. The molecule has 2 N–H and O–H groups in total. The van der Waals surface area contributed by atoms with Gasteiger partial charge in [0.2, 0.25) is 0 Å². The van der Waals surface area contributed by atoms with Crippen LogP contribution >= 0.6 is 11.6 Å². The van der Waals surface area contributed by atoms with E-state index < -0.39 is 7.12 Å². The van der Waals surface area contributed by atoms with Crippen LogP contribution in [-0.2, 0) is 24.4 Å². The fourth-order valence-corrected chi connectivity index (χ4v) is 3.70. The predicted molar refractivity (Wildman–Crippen MR) is 118 cm³/mol. The molecule has 0 saturated heterocycles. The van der Waals surface area contributed by atoms with Crippen molar-refractivity contribution in [2.45, 2.75) is 19.8 Å². The van der Waals surface area contributed by atoms with E-state index in [0.29, 0.717) is 37.1 Å². The molecule has 10 heteroatoms. The predicted octanol–water partition coefficient (Wildman–Crippen LogP) is 2.39. The third-order valence-electron chi connectivity index (χ3n) is 5.11. The first-order valence-corrected chi connectivity index (χ1v) is 10.3. The van der Waals surface area contributed by atoms with Gasteiger partial charge in [0.15, 0.2) is 0 Å². The van der Waals surface area contributed by atoms with Crippen molar-refractivity contribution in [3.8, 4) is 5.75 Å². The Labute approximate surface area is 183 Å². The topological polar surface area (TPSA) is 94.3 Å². The van der Waals surface area contributed by atoms with E-state index in [1.807, 2.05) is 42.6 Å². The molecule has 0 radical (unpaired) electrons. The summed E-state index contributed by atoms with van der Waals surface area (Å²) < 4.78 is 12.8. The molecule has 0 bridgehead atoms. The van der Waals surface area contributed by atoms with Crippen LogP contribution in [0.4, 0.5) is 5.69 Å². The van der Waals surface area contributed by atoms with Crippen molar-refractivity contribution in [1.29, 1.82) is 0 Å². The zero-order valence-corrected chi connectivity index (χ0v) is 17.3. The number of nitrogens with zero attached hydrogens (tertiary/aromatic N) is 4. The Hall–Kier alpha value is -3.14. The second-order valence-electron chi connectivity index (χ2n) is 7.23. The van der Waals surface area contributed by atoms with Crippen molar-refractivity contribution < 1.29 is 14.4 Å². The van der Waals surface area contributed by atoms with Crippen LogP contribution < -0.4 is 15.5 Å². The van der Waals surface area contributed by atoms with Gasteiger partial charge in [-0.15, -0.1) is 5.10 Å². The van der Waals surface area contributed by atoms with Crippen molar-refractivity contribution in [3.63, 3.8) is 0 Å². The first-order valence-electron chi connectivity index (χ1n) is 9.88. The van der Waals surface area contributed by atoms with Crippen LogP contribution in [-0.4, -0.2) is 38.7 Å². The zero-order chi connectivity index (χ0) is 21.2. The Morgan fingerprint density at radius 2 is 2.16 bits per heavy atom. The van der Waals surface area contributed by atoms with E-state index in [-0.39, 0.29) is 0 Å². The van der Waals surface area contributed by atoms with Crippen LogP contribution in [0.25, 0.3) is 10.9 Å². The van der Waals surface area contributed by atoms with E-state index in [1.165, 1.54) is 0 Å². The molecule has 0 amide bonds. The zero-order valence-electron chi connectivity index (χ0n) is 16.5. The maximum absolute atomic E-state index is 9.81. The summed E-state index contributed by atoms with van der Waals surface area (Å²) in [4.78, 5) is 4.35. The van der Waals surface area contributed by atoms with E-state index in [9.17, 15) is 5.02 Å². The fraction of sp³-hybridized carbons (Fsp3) is 0.190. The van der Waals surface area contributed by atoms with Crippen LogP contribution in [0.1, 0.15) is 11.3 Å². The summed E-state index contributed by atoms with van der Waals surface area (Å²) in [5, 5.41) is 23.2. The van der Waals surface area contributed by atoms with Crippen molar-refractivity contribution in [3.05, 3.63) is 71.1 Å². The van der Waals surface area contributed by atoms with E-state index in [4.69, 9.17) is 21.0 Å². The molecule has 3 heterocycles. The third kappa shape index (κ3) is 4.34. The minimum atomic E-state index is -0.888. The molecule has 156 valence electrons. The molecule has 0 spiro atoms. The Bertz CT molecular complexity index is 1230. The van der Waals surface area contributed by atoms with E-state index >= 15 is 0 Å². The summed E-state index contributed by atoms with van der Waals surface area (Å²) in [5.41, 5.74) is 4.29. The molecule has 0 aliphatic carbocycles. The van der Waals surface area contributed by atoms with Gasteiger partial charge in [0.1, 0.15) is 18.1 Å². The summed E-state index contributed by atoms with van der Waals surface area (Å²) >= 11 is 6.05. The van der Waals surface area contributed by atoms with Crippen LogP contribution in [0.3, 0.4) is 0 Å². The molecular formula is C21H19BClN5O3. The molecule has 8 nitrogen and oxygen atoms in total. The quantitative estimate of drug-likeness (QED) is 0.430. The maximum atomic E-state index is 9.81. The molecule has 31 heavy (non-hydrogen) atoms. The van der Waals surface area contributed by atoms with Crippen molar-refractivity contribution in [2.24, 2.45) is 0 Å². The molecule has 0 saturated carbocycles. The Morgan fingerprint density at radius 1 is 1.23 bits per heavy atom. The highest BCUT2D eigenvalue weighted by atomic mass is 35.5. The third-order valence-corrected chi connectivity index (χ3v) is 5.35. The molecule has 0 unspecified atom stereocenters. The monoisotopic (exact) mass is 435 g/mol. The lowest BCUT2D eigenvalue weighted by molar-refractivity contribution is 0.275. The van der Waals surface area contributed by atoms with Gasteiger partial charge < -0.3 is 19.7 Å². The van der Waals surface area contributed by atoms with Crippen LogP contribution in [0.15, 0.2) is 54.9 Å². The number of pyridine rings is 1. The lowest BCUT2D eigenvalue weighted by Crippen LogP contribution is -2.27. The standard InChI is InChI=1S/C21H19BClN5O3/c23-15-2-4-18-20(5-6-24-21(18)9-15)25-7-8-28-11-16(26-27-28)13-30-17-3-1-14-12-31-22(29)19(14)10-17/h1-6,9-11,29H,7-8,12-13H2,(H,24,25). The van der Waals surface area contributed by atoms with Gasteiger partial charge in [0.25, 0.3) is 0 Å². The van der Waals surface area contributed by atoms with E-state index in [2.05, 4.69) is 20.6 Å². The summed E-state index contributed by atoms with van der Waals surface area (Å²) in [6.45, 7) is 2.03. The normalized spacial score (nSPS) is 12.9. The van der Waals surface area contributed by atoms with Crippen molar-refractivity contribution >= 4 is 40.8 Å². The number of hydrogen-bond acceptors (Lipinski definition) is 7. The minimum Gasteiger partial charge on any atom is -0.487 e. The smallest absolute Gasteiger partial charge is 0.487 e. The average molecular weight is 436 g/mol. The highest BCUT2D eigenvalue weighted by Crippen LogP contribution is 2.24. The first kappa shape index (κ1) is 19.8. The van der Waals surface area contributed by atoms with Gasteiger partial charge in [-0.25, -0.2) is 0 Å². The Balaban J connectivity index is 1.16. The van der Waals surface area contributed by atoms with Gasteiger partial charge in [-0.2, -0.15) is 0 Å². The molecule has 0 atom stereocenters. The number of fused-ring (bicyclic) bond motifs is 2. The first-order chi connectivity index (χ1) is 15.2. The maximum Gasteiger partial charge on any atom is 0.491 e. The van der Waals surface area contributed by atoms with E-state index in [1.54, 1.807) is 16.9 Å². The molecular weight excluding hydrogens is 417 g/mol. The number of aromatic nitrogens is 4. The van der Waals surface area contributed by atoms with Crippen molar-refractivity contribution in [1.82, 2.24) is 20.0 Å². The molecule has 2 aromatic carbocycles. The SMILES string of the molecule is OB1OCc2ccc(OCc3cn(CCNc4ccnc5cc(Cl)ccc45)nn3)cc21. The number of anilines is 1.